The summed E-state index contributed by atoms with van der Waals surface area (Å²) in [6.07, 6.45) is 1.51. The lowest BCUT2D eigenvalue weighted by molar-refractivity contribution is 0.0691. The van der Waals surface area contributed by atoms with Crippen molar-refractivity contribution in [3.8, 4) is 5.75 Å². The molecule has 0 fully saturated rings. The summed E-state index contributed by atoms with van der Waals surface area (Å²) in [7, 11) is 1.59. The molecule has 0 spiro atoms. The SMILES string of the molecule is COc1cccc2sc3nc(C(=O)O)cn3c12. The van der Waals surface area contributed by atoms with Gasteiger partial charge in [-0.2, -0.15) is 0 Å². The fraction of sp³-hybridized carbons (Fsp3) is 0.0909. The molecule has 0 radical (unpaired) electrons. The number of carboxylic acids is 1. The molecule has 2 heterocycles. The summed E-state index contributed by atoms with van der Waals surface area (Å²) in [6, 6.07) is 5.70. The van der Waals surface area contributed by atoms with E-state index in [0.29, 0.717) is 10.7 Å². The average molecular weight is 248 g/mol. The predicted molar refractivity (Wildman–Crippen MR) is 64.1 cm³/mol. The van der Waals surface area contributed by atoms with E-state index >= 15 is 0 Å². The Hall–Kier alpha value is -2.08. The lowest BCUT2D eigenvalue weighted by Gasteiger charge is -2.00. The molecule has 0 aliphatic carbocycles. The summed E-state index contributed by atoms with van der Waals surface area (Å²) in [5, 5.41) is 8.90. The first-order chi connectivity index (χ1) is 8.20. The fourth-order valence-electron chi connectivity index (χ4n) is 1.78. The van der Waals surface area contributed by atoms with Crippen LogP contribution < -0.4 is 4.74 Å². The number of carboxylic acid groups (broad SMARTS) is 1. The Balaban J connectivity index is 2.42. The molecule has 0 aliphatic heterocycles. The summed E-state index contributed by atoms with van der Waals surface area (Å²) >= 11 is 1.44. The monoisotopic (exact) mass is 248 g/mol. The highest BCUT2D eigenvalue weighted by Crippen LogP contribution is 2.32. The number of carbonyl (C=O) groups is 1. The van der Waals surface area contributed by atoms with E-state index in [4.69, 9.17) is 9.84 Å². The Kier molecular flexibility index (Phi) is 2.05. The van der Waals surface area contributed by atoms with Crippen molar-refractivity contribution < 1.29 is 14.6 Å². The maximum absolute atomic E-state index is 10.9. The minimum absolute atomic E-state index is 0.0454. The van der Waals surface area contributed by atoms with E-state index in [1.807, 2.05) is 18.2 Å². The molecule has 3 rings (SSSR count). The van der Waals surface area contributed by atoms with Gasteiger partial charge in [0, 0.05) is 6.20 Å². The molecule has 2 aromatic heterocycles. The summed E-state index contributed by atoms with van der Waals surface area (Å²) in [5.74, 6) is -0.313. The lowest BCUT2D eigenvalue weighted by Crippen LogP contribution is -1.95. The Labute approximate surface area is 99.9 Å². The maximum atomic E-state index is 10.9. The minimum Gasteiger partial charge on any atom is -0.495 e. The van der Waals surface area contributed by atoms with Crippen LogP contribution in [0.4, 0.5) is 0 Å². The number of ether oxygens (including phenoxy) is 1. The van der Waals surface area contributed by atoms with Crippen LogP contribution in [0.2, 0.25) is 0 Å². The Bertz CT molecular complexity index is 729. The molecule has 86 valence electrons. The van der Waals surface area contributed by atoms with Gasteiger partial charge in [0.1, 0.15) is 11.3 Å². The number of aromatic nitrogens is 2. The molecule has 3 aromatic rings. The van der Waals surface area contributed by atoms with Crippen molar-refractivity contribution in [2.75, 3.05) is 7.11 Å². The number of benzene rings is 1. The molecule has 0 atom stereocenters. The van der Waals surface area contributed by atoms with Gasteiger partial charge in [-0.05, 0) is 12.1 Å². The van der Waals surface area contributed by atoms with E-state index in [1.165, 1.54) is 17.5 Å². The molecular weight excluding hydrogens is 240 g/mol. The van der Waals surface area contributed by atoms with Crippen LogP contribution in [-0.2, 0) is 0 Å². The quantitative estimate of drug-likeness (QED) is 0.755. The number of aromatic carboxylic acids is 1. The summed E-state index contributed by atoms with van der Waals surface area (Å²) in [6.45, 7) is 0. The second-order valence-corrected chi connectivity index (χ2v) is 4.50. The fourth-order valence-corrected chi connectivity index (χ4v) is 2.81. The number of fused-ring (bicyclic) bond motifs is 3. The lowest BCUT2D eigenvalue weighted by atomic mass is 10.3. The number of nitrogens with zero attached hydrogens (tertiary/aromatic N) is 2. The molecule has 17 heavy (non-hydrogen) atoms. The van der Waals surface area contributed by atoms with Crippen molar-refractivity contribution in [1.29, 1.82) is 0 Å². The van der Waals surface area contributed by atoms with Gasteiger partial charge in [0.25, 0.3) is 0 Å². The largest absolute Gasteiger partial charge is 0.495 e. The smallest absolute Gasteiger partial charge is 0.356 e. The van der Waals surface area contributed by atoms with Gasteiger partial charge in [0.2, 0.25) is 0 Å². The molecule has 0 saturated carbocycles. The molecule has 5 nitrogen and oxygen atoms in total. The molecule has 0 amide bonds. The number of rotatable bonds is 2. The minimum atomic E-state index is -1.02. The van der Waals surface area contributed by atoms with E-state index in [9.17, 15) is 4.79 Å². The molecule has 0 saturated heterocycles. The standard InChI is InChI=1S/C11H8N2O3S/c1-16-7-3-2-4-8-9(7)13-5-6(10(14)15)12-11(13)17-8/h2-5H,1H3,(H,14,15). The third-order valence-corrected chi connectivity index (χ3v) is 3.54. The zero-order valence-electron chi connectivity index (χ0n) is 8.88. The topological polar surface area (TPSA) is 63.8 Å². The van der Waals surface area contributed by atoms with E-state index in [2.05, 4.69) is 4.98 Å². The first-order valence-corrected chi connectivity index (χ1v) is 5.70. The van der Waals surface area contributed by atoms with E-state index < -0.39 is 5.97 Å². The van der Waals surface area contributed by atoms with E-state index in [1.54, 1.807) is 11.5 Å². The summed E-state index contributed by atoms with van der Waals surface area (Å²) in [5.41, 5.74) is 0.902. The van der Waals surface area contributed by atoms with Crippen LogP contribution in [-0.4, -0.2) is 27.6 Å². The Morgan fingerprint density at radius 2 is 2.35 bits per heavy atom. The van der Waals surface area contributed by atoms with Crippen molar-refractivity contribution in [3.05, 3.63) is 30.1 Å². The number of hydrogen-bond acceptors (Lipinski definition) is 4. The third-order valence-electron chi connectivity index (χ3n) is 2.52. The van der Waals surface area contributed by atoms with E-state index in [-0.39, 0.29) is 5.69 Å². The molecule has 1 N–H and O–H groups in total. The van der Waals surface area contributed by atoms with Gasteiger partial charge >= 0.3 is 5.97 Å². The van der Waals surface area contributed by atoms with Crippen molar-refractivity contribution in [1.82, 2.24) is 9.38 Å². The number of thiazole rings is 1. The number of methoxy groups -OCH3 is 1. The summed E-state index contributed by atoms with van der Waals surface area (Å²) in [4.78, 5) is 15.6. The predicted octanol–water partition coefficient (Wildman–Crippen LogP) is 2.26. The van der Waals surface area contributed by atoms with Crippen LogP contribution in [0.15, 0.2) is 24.4 Å². The van der Waals surface area contributed by atoms with Crippen molar-refractivity contribution in [3.63, 3.8) is 0 Å². The third kappa shape index (κ3) is 1.38. The van der Waals surface area contributed by atoms with Crippen LogP contribution in [0.3, 0.4) is 0 Å². The van der Waals surface area contributed by atoms with Crippen LogP contribution in [0.5, 0.6) is 5.75 Å². The Morgan fingerprint density at radius 3 is 3.06 bits per heavy atom. The molecule has 1 aromatic carbocycles. The van der Waals surface area contributed by atoms with Gasteiger partial charge in [-0.1, -0.05) is 17.4 Å². The summed E-state index contributed by atoms with van der Waals surface area (Å²) < 4.78 is 8.04. The second kappa shape index (κ2) is 3.46. The van der Waals surface area contributed by atoms with Crippen LogP contribution in [0.1, 0.15) is 10.5 Å². The average Bonchev–Trinajstić information content (AvgIpc) is 2.84. The van der Waals surface area contributed by atoms with Crippen LogP contribution >= 0.6 is 11.3 Å². The Morgan fingerprint density at radius 1 is 1.53 bits per heavy atom. The van der Waals surface area contributed by atoms with Crippen LogP contribution in [0.25, 0.3) is 15.2 Å². The van der Waals surface area contributed by atoms with Gasteiger partial charge < -0.3 is 9.84 Å². The van der Waals surface area contributed by atoms with Gasteiger partial charge in [0.15, 0.2) is 10.7 Å². The first kappa shape index (κ1) is 10.1. The first-order valence-electron chi connectivity index (χ1n) is 4.88. The zero-order chi connectivity index (χ0) is 12.0. The molecule has 0 bridgehead atoms. The van der Waals surface area contributed by atoms with Crippen LogP contribution in [0, 0.1) is 0 Å². The highest BCUT2D eigenvalue weighted by atomic mass is 32.1. The van der Waals surface area contributed by atoms with Gasteiger partial charge in [-0.3, -0.25) is 4.40 Å². The number of imidazole rings is 1. The molecule has 6 heteroatoms. The highest BCUT2D eigenvalue weighted by molar-refractivity contribution is 7.23. The van der Waals surface area contributed by atoms with Crippen molar-refractivity contribution in [2.24, 2.45) is 0 Å². The maximum Gasteiger partial charge on any atom is 0.356 e. The second-order valence-electron chi connectivity index (χ2n) is 3.49. The molecule has 0 aliphatic rings. The zero-order valence-corrected chi connectivity index (χ0v) is 9.69. The molecular formula is C11H8N2O3S. The van der Waals surface area contributed by atoms with Crippen molar-refractivity contribution in [2.45, 2.75) is 0 Å². The van der Waals surface area contributed by atoms with Gasteiger partial charge in [0.05, 0.1) is 11.8 Å². The van der Waals surface area contributed by atoms with E-state index in [0.717, 1.165) is 10.2 Å². The van der Waals surface area contributed by atoms with Gasteiger partial charge in [-0.25, -0.2) is 9.78 Å². The normalized spacial score (nSPS) is 11.1. The highest BCUT2D eigenvalue weighted by Gasteiger charge is 2.15. The number of para-hydroxylation sites is 1. The number of hydrogen-bond donors (Lipinski definition) is 1. The molecule has 0 unspecified atom stereocenters. The van der Waals surface area contributed by atoms with Gasteiger partial charge in [-0.15, -0.1) is 0 Å². The van der Waals surface area contributed by atoms with Crippen molar-refractivity contribution >= 4 is 32.5 Å².